The van der Waals surface area contributed by atoms with Crippen molar-refractivity contribution in [2.45, 2.75) is 124 Å². The molecule has 0 unspecified atom stereocenters. The number of methoxy groups -OCH3 is 1. The van der Waals surface area contributed by atoms with Gasteiger partial charge in [0.05, 0.1) is 17.8 Å². The van der Waals surface area contributed by atoms with Gasteiger partial charge >= 0.3 is 0 Å². The lowest BCUT2D eigenvalue weighted by molar-refractivity contribution is -0.159. The van der Waals surface area contributed by atoms with Gasteiger partial charge in [0.25, 0.3) is 0 Å². The van der Waals surface area contributed by atoms with E-state index in [-0.39, 0.29) is 51.5 Å². The zero-order valence-corrected chi connectivity index (χ0v) is 23.7. The van der Waals surface area contributed by atoms with Crippen LogP contribution in [0.4, 0.5) is 0 Å². The minimum atomic E-state index is -0.375. The van der Waals surface area contributed by atoms with Crippen LogP contribution in [0.3, 0.4) is 0 Å². The van der Waals surface area contributed by atoms with Crippen LogP contribution in [0.1, 0.15) is 100 Å². The third-order valence-corrected chi connectivity index (χ3v) is 12.5. The zero-order chi connectivity index (χ0) is 25.8. The molecular formula is C31H50O4. The van der Waals surface area contributed by atoms with Crippen molar-refractivity contribution < 1.29 is 19.4 Å². The molecule has 0 bridgehead atoms. The Hall–Kier alpha value is -0.710. The molecule has 3 saturated carbocycles. The Morgan fingerprint density at radius 3 is 2.34 bits per heavy atom. The summed E-state index contributed by atoms with van der Waals surface area (Å²) in [6.07, 6.45) is 9.47. The van der Waals surface area contributed by atoms with E-state index in [4.69, 9.17) is 9.47 Å². The van der Waals surface area contributed by atoms with Crippen molar-refractivity contribution in [3.63, 3.8) is 0 Å². The van der Waals surface area contributed by atoms with Gasteiger partial charge in [-0.15, -0.1) is 0 Å². The van der Waals surface area contributed by atoms with E-state index in [2.05, 4.69) is 61.5 Å². The maximum atomic E-state index is 13.0. The van der Waals surface area contributed by atoms with Gasteiger partial charge in [0.15, 0.2) is 0 Å². The maximum Gasteiger partial charge on any atom is 0.138 e. The highest BCUT2D eigenvalue weighted by Gasteiger charge is 2.67. The fourth-order valence-electron chi connectivity index (χ4n) is 10.3. The zero-order valence-electron chi connectivity index (χ0n) is 23.7. The lowest BCUT2D eigenvalue weighted by Crippen LogP contribution is -2.61. The van der Waals surface area contributed by atoms with Crippen molar-refractivity contribution in [3.8, 4) is 0 Å². The smallest absolute Gasteiger partial charge is 0.138 e. The van der Waals surface area contributed by atoms with E-state index in [1.54, 1.807) is 5.57 Å². The van der Waals surface area contributed by atoms with Crippen molar-refractivity contribution in [2.75, 3.05) is 7.11 Å². The van der Waals surface area contributed by atoms with Crippen LogP contribution in [-0.4, -0.2) is 41.9 Å². The molecule has 1 aliphatic heterocycles. The van der Waals surface area contributed by atoms with Gasteiger partial charge in [-0.05, 0) is 86.4 Å². The number of hydrogen-bond acceptors (Lipinski definition) is 4. The van der Waals surface area contributed by atoms with Gasteiger partial charge in [-0.25, -0.2) is 0 Å². The number of rotatable bonds is 5. The molecule has 0 aromatic carbocycles. The van der Waals surface area contributed by atoms with E-state index in [9.17, 15) is 9.90 Å². The average molecular weight is 487 g/mol. The van der Waals surface area contributed by atoms with Crippen LogP contribution in [-0.2, 0) is 14.3 Å². The van der Waals surface area contributed by atoms with Crippen LogP contribution in [0.15, 0.2) is 11.6 Å². The summed E-state index contributed by atoms with van der Waals surface area (Å²) in [6.45, 7) is 18.4. The topological polar surface area (TPSA) is 59.1 Å². The second-order valence-corrected chi connectivity index (χ2v) is 14.9. The first kappa shape index (κ1) is 25.9. The summed E-state index contributed by atoms with van der Waals surface area (Å²) in [5.41, 5.74) is 1.57. The van der Waals surface area contributed by atoms with Gasteiger partial charge in [-0.3, -0.25) is 4.79 Å². The van der Waals surface area contributed by atoms with Crippen molar-refractivity contribution in [1.29, 1.82) is 0 Å². The molecule has 0 aromatic rings. The molecule has 4 aliphatic carbocycles. The molecule has 5 rings (SSSR count). The molecule has 10 atom stereocenters. The van der Waals surface area contributed by atoms with Gasteiger partial charge in [0, 0.05) is 24.9 Å². The predicted molar refractivity (Wildman–Crippen MR) is 139 cm³/mol. The largest absolute Gasteiger partial charge is 0.390 e. The van der Waals surface area contributed by atoms with Crippen molar-refractivity contribution >= 4 is 5.78 Å². The third-order valence-electron chi connectivity index (χ3n) is 12.5. The van der Waals surface area contributed by atoms with E-state index in [0.717, 1.165) is 12.8 Å². The lowest BCUT2D eigenvalue weighted by Gasteiger charge is -2.64. The van der Waals surface area contributed by atoms with E-state index >= 15 is 0 Å². The highest BCUT2D eigenvalue weighted by Crippen LogP contribution is 2.73. The molecular weight excluding hydrogens is 436 g/mol. The van der Waals surface area contributed by atoms with Crippen molar-refractivity contribution in [3.05, 3.63) is 11.6 Å². The average Bonchev–Trinajstić information content (AvgIpc) is 3.31. The molecule has 35 heavy (non-hydrogen) atoms. The number of fused-ring (bicyclic) bond motifs is 5. The Morgan fingerprint density at radius 2 is 1.74 bits per heavy atom. The van der Waals surface area contributed by atoms with Crippen LogP contribution in [0.5, 0.6) is 0 Å². The SMILES string of the molecule is CO[C@H]1C=C2[C@H](CC[C@@]3(C)[C@H]([C@H](C)C[C@@H](O)[C@@H]4OC4(C)C)CC[C@]23C)[C@@]2(C)CCC(=O)C(C)(C)[C@H]12. The predicted octanol–water partition coefficient (Wildman–Crippen LogP) is 6.35. The highest BCUT2D eigenvalue weighted by molar-refractivity contribution is 5.85. The molecule has 1 saturated heterocycles. The number of aliphatic hydroxyl groups excluding tert-OH is 1. The summed E-state index contributed by atoms with van der Waals surface area (Å²) >= 11 is 0. The summed E-state index contributed by atoms with van der Waals surface area (Å²) in [5.74, 6) is 2.23. The summed E-state index contributed by atoms with van der Waals surface area (Å²) in [4.78, 5) is 13.0. The molecule has 4 heteroatoms. The first-order chi connectivity index (χ1) is 16.1. The Balaban J connectivity index is 1.46. The van der Waals surface area contributed by atoms with Crippen LogP contribution in [0, 0.1) is 45.3 Å². The number of carbonyl (C=O) groups is 1. The Labute approximate surface area is 213 Å². The molecule has 0 radical (unpaired) electrons. The van der Waals surface area contributed by atoms with Gasteiger partial charge in [0.2, 0.25) is 0 Å². The van der Waals surface area contributed by atoms with Crippen molar-refractivity contribution in [2.24, 2.45) is 45.3 Å². The number of allylic oxidation sites excluding steroid dienone is 1. The molecule has 1 N–H and O–H groups in total. The first-order valence-corrected chi connectivity index (χ1v) is 14.3. The molecule has 5 aliphatic rings. The number of carbonyl (C=O) groups excluding carboxylic acids is 1. The van der Waals surface area contributed by atoms with Crippen LogP contribution < -0.4 is 0 Å². The van der Waals surface area contributed by atoms with E-state index in [1.165, 1.54) is 25.7 Å². The normalized spacial score (nSPS) is 49.4. The fraction of sp³-hybridized carbons (Fsp3) is 0.903. The monoisotopic (exact) mass is 486 g/mol. The number of aliphatic hydroxyl groups is 1. The lowest BCUT2D eigenvalue weighted by atomic mass is 9.40. The Bertz CT molecular complexity index is 919. The van der Waals surface area contributed by atoms with Crippen molar-refractivity contribution in [1.82, 2.24) is 0 Å². The van der Waals surface area contributed by atoms with Crippen LogP contribution in [0.25, 0.3) is 0 Å². The van der Waals surface area contributed by atoms with Gasteiger partial charge in [-0.1, -0.05) is 53.2 Å². The highest BCUT2D eigenvalue weighted by atomic mass is 16.6. The first-order valence-electron chi connectivity index (χ1n) is 14.3. The standard InChI is InChI=1S/C31H50O4/c1-18(16-22(32)26-28(4,5)35-26)19-10-14-31(8)21-17-23(34-9)25-27(2,3)24(33)12-13-29(25,6)20(21)11-15-30(19,31)7/h17-20,22-23,25-26,32H,10-16H2,1-9H3/t18-,19+,20+,22-,23+,25+,26+,29-,30+,31-/m1/s1. The van der Waals surface area contributed by atoms with Gasteiger partial charge in [-0.2, -0.15) is 0 Å². The Kier molecular flexibility index (Phi) is 5.85. The molecule has 198 valence electrons. The van der Waals surface area contributed by atoms with Gasteiger partial charge < -0.3 is 14.6 Å². The number of Topliss-reactive ketones (excluding diaryl/α,β-unsaturated/α-hetero) is 1. The summed E-state index contributed by atoms with van der Waals surface area (Å²) in [6, 6.07) is 0. The summed E-state index contributed by atoms with van der Waals surface area (Å²) in [5, 5.41) is 10.9. The summed E-state index contributed by atoms with van der Waals surface area (Å²) < 4.78 is 12.0. The van der Waals surface area contributed by atoms with E-state index in [1.807, 2.05) is 7.11 Å². The third kappa shape index (κ3) is 3.44. The quantitative estimate of drug-likeness (QED) is 0.363. The number of hydrogen-bond donors (Lipinski definition) is 1. The molecule has 4 nitrogen and oxygen atoms in total. The molecule has 0 spiro atoms. The second-order valence-electron chi connectivity index (χ2n) is 14.9. The minimum absolute atomic E-state index is 0.00258. The number of epoxide rings is 1. The van der Waals surface area contributed by atoms with E-state index in [0.29, 0.717) is 30.0 Å². The van der Waals surface area contributed by atoms with Crippen LogP contribution >= 0.6 is 0 Å². The maximum absolute atomic E-state index is 13.0. The van der Waals surface area contributed by atoms with E-state index < -0.39 is 0 Å². The summed E-state index contributed by atoms with van der Waals surface area (Å²) in [7, 11) is 1.84. The Morgan fingerprint density at radius 1 is 1.09 bits per heavy atom. The van der Waals surface area contributed by atoms with Crippen LogP contribution in [0.2, 0.25) is 0 Å². The molecule has 4 fully saturated rings. The fourth-order valence-corrected chi connectivity index (χ4v) is 10.3. The molecule has 1 heterocycles. The molecule has 0 aromatic heterocycles. The minimum Gasteiger partial charge on any atom is -0.390 e. The van der Waals surface area contributed by atoms with Gasteiger partial charge in [0.1, 0.15) is 11.9 Å². The molecule has 0 amide bonds. The second kappa shape index (κ2) is 7.90. The number of ketones is 1. The number of ether oxygens (including phenoxy) is 2.